The Morgan fingerprint density at radius 1 is 1.35 bits per heavy atom. The number of aromatic hydroxyl groups is 1. The zero-order valence-electron chi connectivity index (χ0n) is 18.8. The predicted octanol–water partition coefficient (Wildman–Crippen LogP) is 1.58. The summed E-state index contributed by atoms with van der Waals surface area (Å²) in [5, 5.41) is 37.6. The quantitative estimate of drug-likeness (QED) is 0.355. The first-order valence-electron chi connectivity index (χ1n) is 11.9. The van der Waals surface area contributed by atoms with Crippen LogP contribution in [0.5, 0.6) is 11.5 Å². The molecular formula is C25H26N2O7. The summed E-state index contributed by atoms with van der Waals surface area (Å²) in [6.45, 7) is 0.832. The number of methoxy groups -OCH3 is 1. The Morgan fingerprint density at radius 3 is 2.88 bits per heavy atom. The van der Waals surface area contributed by atoms with Crippen LogP contribution in [0.4, 0.5) is 0 Å². The molecule has 7 rings (SSSR count). The molecule has 1 saturated carbocycles. The van der Waals surface area contributed by atoms with Crippen LogP contribution < -0.4 is 10.3 Å². The Labute approximate surface area is 195 Å². The van der Waals surface area contributed by atoms with Crippen LogP contribution in [0.2, 0.25) is 0 Å². The van der Waals surface area contributed by atoms with Crippen LogP contribution in [0, 0.1) is 11.1 Å². The first kappa shape index (κ1) is 20.5. The van der Waals surface area contributed by atoms with Crippen LogP contribution in [0.15, 0.2) is 23.0 Å². The molecule has 3 aliphatic carbocycles. The zero-order chi connectivity index (χ0) is 23.6. The van der Waals surface area contributed by atoms with Gasteiger partial charge in [-0.2, -0.15) is 0 Å². The van der Waals surface area contributed by atoms with E-state index in [1.165, 1.54) is 13.2 Å². The number of carbonyl (C=O) groups is 1. The van der Waals surface area contributed by atoms with Gasteiger partial charge >= 0.3 is 5.97 Å². The topological polar surface area (TPSA) is 132 Å². The maximum atomic E-state index is 14.3. The van der Waals surface area contributed by atoms with Gasteiger partial charge in [-0.05, 0) is 36.1 Å². The molecular weight excluding hydrogens is 440 g/mol. The number of H-pyrrole nitrogens is 1. The van der Waals surface area contributed by atoms with Gasteiger partial charge in [0.2, 0.25) is 0 Å². The van der Waals surface area contributed by atoms with Gasteiger partial charge in [0.05, 0.1) is 31.3 Å². The number of piperidine rings is 1. The van der Waals surface area contributed by atoms with E-state index in [0.29, 0.717) is 48.9 Å². The number of rotatable bonds is 3. The highest BCUT2D eigenvalue weighted by atomic mass is 16.6. The number of aromatic amines is 1. The SMILES string of the molecule is COC(=O)c1cc2c([nH]c1=O)[C@@H]1Oc3c(O)ccc4c3[C@@]13CC[N+]([O-])(CC1CC1)[C@@H](C4)[C@]3(O)C2. The molecule has 1 aromatic carbocycles. The van der Waals surface area contributed by atoms with Crippen LogP contribution in [-0.4, -0.2) is 57.7 Å². The second-order valence-electron chi connectivity index (χ2n) is 10.7. The minimum Gasteiger partial charge on any atom is -0.632 e. The van der Waals surface area contributed by atoms with Gasteiger partial charge in [-0.15, -0.1) is 0 Å². The van der Waals surface area contributed by atoms with Gasteiger partial charge in [-0.1, -0.05) is 6.07 Å². The highest BCUT2D eigenvalue weighted by molar-refractivity contribution is 5.89. The van der Waals surface area contributed by atoms with Crippen molar-refractivity contribution in [3.05, 3.63) is 61.7 Å². The lowest BCUT2D eigenvalue weighted by Gasteiger charge is -2.67. The highest BCUT2D eigenvalue weighted by Crippen LogP contribution is 2.69. The molecule has 2 aliphatic heterocycles. The fourth-order valence-electron chi connectivity index (χ4n) is 7.46. The number of aliphatic hydroxyl groups is 1. The van der Waals surface area contributed by atoms with Crippen molar-refractivity contribution in [3.8, 4) is 11.5 Å². The summed E-state index contributed by atoms with van der Waals surface area (Å²) < 4.78 is 10.7. The van der Waals surface area contributed by atoms with E-state index in [0.717, 1.165) is 24.0 Å². The molecule has 2 fully saturated rings. The Kier molecular flexibility index (Phi) is 3.74. The number of benzene rings is 1. The molecule has 9 nitrogen and oxygen atoms in total. The molecule has 1 spiro atoms. The average Bonchev–Trinajstić information content (AvgIpc) is 3.53. The molecule has 0 amide bonds. The number of nitrogens with zero attached hydrogens (tertiary/aromatic N) is 1. The number of carbonyl (C=O) groups excluding carboxylic acids is 1. The van der Waals surface area contributed by atoms with Crippen LogP contribution >= 0.6 is 0 Å². The lowest BCUT2D eigenvalue weighted by atomic mass is 9.48. The number of hydrogen-bond acceptors (Lipinski definition) is 7. The van der Waals surface area contributed by atoms with Gasteiger partial charge in [0.25, 0.3) is 5.56 Å². The van der Waals surface area contributed by atoms with E-state index in [1.807, 2.05) is 6.07 Å². The van der Waals surface area contributed by atoms with Crippen molar-refractivity contribution in [2.24, 2.45) is 5.92 Å². The number of phenols is 1. The molecule has 1 saturated heterocycles. The van der Waals surface area contributed by atoms with Crippen molar-refractivity contribution in [1.82, 2.24) is 4.98 Å². The zero-order valence-corrected chi connectivity index (χ0v) is 18.8. The summed E-state index contributed by atoms with van der Waals surface area (Å²) in [6, 6.07) is 4.26. The van der Waals surface area contributed by atoms with Crippen molar-refractivity contribution in [2.75, 3.05) is 20.2 Å². The van der Waals surface area contributed by atoms with E-state index in [9.17, 15) is 25.0 Å². The van der Waals surface area contributed by atoms with E-state index < -0.39 is 39.3 Å². The molecule has 34 heavy (non-hydrogen) atoms. The first-order chi connectivity index (χ1) is 16.2. The molecule has 2 aromatic rings. The van der Waals surface area contributed by atoms with E-state index in [-0.39, 0.29) is 17.7 Å². The summed E-state index contributed by atoms with van der Waals surface area (Å²) in [5.74, 6) is -0.0813. The normalized spacial score (nSPS) is 36.3. The number of likely N-dealkylation sites (tertiary alicyclic amines) is 1. The van der Waals surface area contributed by atoms with Crippen molar-refractivity contribution in [3.63, 3.8) is 0 Å². The van der Waals surface area contributed by atoms with Gasteiger partial charge < -0.3 is 34.5 Å². The van der Waals surface area contributed by atoms with E-state index >= 15 is 0 Å². The van der Waals surface area contributed by atoms with Gasteiger partial charge in [0, 0.05) is 30.7 Å². The van der Waals surface area contributed by atoms with Crippen LogP contribution in [-0.2, 0) is 23.0 Å². The molecule has 0 radical (unpaired) electrons. The monoisotopic (exact) mass is 466 g/mol. The van der Waals surface area contributed by atoms with Crippen molar-refractivity contribution in [1.29, 1.82) is 0 Å². The summed E-state index contributed by atoms with van der Waals surface area (Å²) in [5.41, 5.74) is -0.451. The summed E-state index contributed by atoms with van der Waals surface area (Å²) in [4.78, 5) is 27.8. The van der Waals surface area contributed by atoms with Crippen molar-refractivity contribution < 1.29 is 29.1 Å². The van der Waals surface area contributed by atoms with Gasteiger partial charge in [-0.3, -0.25) is 4.79 Å². The highest BCUT2D eigenvalue weighted by Gasteiger charge is 2.75. The summed E-state index contributed by atoms with van der Waals surface area (Å²) in [7, 11) is 1.21. The number of esters is 1. The smallest absolute Gasteiger partial charge is 0.343 e. The molecule has 1 unspecified atom stereocenters. The van der Waals surface area contributed by atoms with Crippen LogP contribution in [0.1, 0.15) is 58.1 Å². The second-order valence-corrected chi connectivity index (χ2v) is 10.7. The number of nitrogens with one attached hydrogen (secondary N) is 1. The lowest BCUT2D eigenvalue weighted by Crippen LogP contribution is -2.79. The molecule has 2 bridgehead atoms. The lowest BCUT2D eigenvalue weighted by molar-refractivity contribution is -0.924. The number of pyridine rings is 1. The van der Waals surface area contributed by atoms with Crippen molar-refractivity contribution >= 4 is 5.97 Å². The number of ether oxygens (including phenoxy) is 2. The fourth-order valence-corrected chi connectivity index (χ4v) is 7.46. The Hall–Kier alpha value is -2.88. The summed E-state index contributed by atoms with van der Waals surface area (Å²) >= 11 is 0. The average molecular weight is 466 g/mol. The third-order valence-corrected chi connectivity index (χ3v) is 9.09. The van der Waals surface area contributed by atoms with E-state index in [2.05, 4.69) is 4.98 Å². The second kappa shape index (κ2) is 6.21. The molecule has 5 atom stereocenters. The molecule has 3 heterocycles. The fraction of sp³-hybridized carbons (Fsp3) is 0.520. The van der Waals surface area contributed by atoms with E-state index in [1.54, 1.807) is 6.07 Å². The molecule has 9 heteroatoms. The molecule has 1 aromatic heterocycles. The maximum absolute atomic E-state index is 14.3. The Morgan fingerprint density at radius 2 is 2.15 bits per heavy atom. The third-order valence-electron chi connectivity index (χ3n) is 9.09. The largest absolute Gasteiger partial charge is 0.632 e. The van der Waals surface area contributed by atoms with Gasteiger partial charge in [0.1, 0.15) is 17.2 Å². The number of fused-ring (bicyclic) bond motifs is 2. The van der Waals surface area contributed by atoms with Crippen LogP contribution in [0.25, 0.3) is 0 Å². The van der Waals surface area contributed by atoms with Gasteiger partial charge in [-0.25, -0.2) is 4.79 Å². The minimum atomic E-state index is -1.46. The number of hydrogen-bond donors (Lipinski definition) is 3. The number of phenolic OH excluding ortho intramolecular Hbond substituents is 1. The standard InChI is InChI=1S/C25H26N2O7/c1-33-23(30)15-8-14-10-25(31)17-9-13-4-5-16(28)20-18(13)24(25,21(34-20)19(14)26-22(15)29)6-7-27(17,32)11-12-2-3-12/h4-5,8,12,17,21,28,31H,2-3,6-7,9-11H2,1H3,(H,26,29)/t17-,21-,24-,25+,27?/m0/s1. The van der Waals surface area contributed by atoms with Crippen LogP contribution in [0.3, 0.4) is 0 Å². The Balaban J connectivity index is 1.49. The molecule has 3 N–H and O–H groups in total. The molecule has 178 valence electrons. The third kappa shape index (κ3) is 2.25. The molecule has 5 aliphatic rings. The number of quaternary nitrogens is 1. The summed E-state index contributed by atoms with van der Waals surface area (Å²) in [6.07, 6.45) is 2.19. The predicted molar refractivity (Wildman–Crippen MR) is 118 cm³/mol. The van der Waals surface area contributed by atoms with E-state index in [4.69, 9.17) is 9.47 Å². The van der Waals surface area contributed by atoms with Crippen molar-refractivity contribution in [2.45, 2.75) is 55.3 Å². The number of aromatic nitrogens is 1. The minimum absolute atomic E-state index is 0.0233. The first-order valence-corrected chi connectivity index (χ1v) is 11.9. The Bertz CT molecular complexity index is 1330. The van der Waals surface area contributed by atoms with Gasteiger partial charge in [0.15, 0.2) is 17.6 Å². The number of hydroxylamine groups is 3. The maximum Gasteiger partial charge on any atom is 0.343 e.